The summed E-state index contributed by atoms with van der Waals surface area (Å²) < 4.78 is 18.1. The molecule has 5 heteroatoms. The van der Waals surface area contributed by atoms with Crippen molar-refractivity contribution >= 4 is 24.7 Å². The predicted molar refractivity (Wildman–Crippen MR) is 123 cm³/mol. The van der Waals surface area contributed by atoms with Crippen molar-refractivity contribution in [3.05, 3.63) is 60.7 Å². The average Bonchev–Trinajstić information content (AvgIpc) is 3.45. The van der Waals surface area contributed by atoms with Crippen LogP contribution in [0.25, 0.3) is 0 Å². The van der Waals surface area contributed by atoms with Crippen molar-refractivity contribution in [2.24, 2.45) is 5.41 Å². The van der Waals surface area contributed by atoms with Crippen LogP contribution in [0.5, 0.6) is 0 Å². The molecule has 3 rings (SSSR count). The lowest BCUT2D eigenvalue weighted by Crippen LogP contribution is -2.66. The van der Waals surface area contributed by atoms with E-state index in [9.17, 15) is 4.79 Å². The first-order chi connectivity index (χ1) is 14.1. The Morgan fingerprint density at radius 3 is 1.73 bits per heavy atom. The highest BCUT2D eigenvalue weighted by molar-refractivity contribution is 6.99. The Hall–Kier alpha value is -1.95. The molecule has 0 aliphatic carbocycles. The molecule has 0 unspecified atom stereocenters. The van der Waals surface area contributed by atoms with Gasteiger partial charge in [0.05, 0.1) is 12.0 Å². The third kappa shape index (κ3) is 4.85. The molecule has 0 radical (unpaired) electrons. The third-order valence-corrected chi connectivity index (χ3v) is 10.6. The predicted octanol–water partition coefficient (Wildman–Crippen LogP) is 3.92. The molecule has 0 spiro atoms. The van der Waals surface area contributed by atoms with Gasteiger partial charge in [0.15, 0.2) is 0 Å². The second-order valence-electron chi connectivity index (χ2n) is 10.0. The molecule has 0 bridgehead atoms. The minimum Gasteiger partial charge on any atom is -0.462 e. The Morgan fingerprint density at radius 2 is 1.30 bits per heavy atom. The molecule has 4 nitrogen and oxygen atoms in total. The number of ether oxygens (including phenoxy) is 2. The van der Waals surface area contributed by atoms with Gasteiger partial charge in [0.2, 0.25) is 0 Å². The molecule has 30 heavy (non-hydrogen) atoms. The van der Waals surface area contributed by atoms with Crippen LogP contribution in [0.2, 0.25) is 5.04 Å². The monoisotopic (exact) mass is 426 g/mol. The topological polar surface area (TPSA) is 48.1 Å². The zero-order chi connectivity index (χ0) is 22.0. The van der Waals surface area contributed by atoms with Crippen molar-refractivity contribution in [2.75, 3.05) is 13.2 Å². The van der Waals surface area contributed by atoms with E-state index in [2.05, 4.69) is 69.3 Å². The normalized spacial score (nSPS) is 19.4. The van der Waals surface area contributed by atoms with Gasteiger partial charge in [-0.05, 0) is 36.2 Å². The Morgan fingerprint density at radius 1 is 0.833 bits per heavy atom. The van der Waals surface area contributed by atoms with Gasteiger partial charge in [-0.15, -0.1) is 0 Å². The molecule has 1 aliphatic heterocycles. The molecular weight excluding hydrogens is 392 g/mol. The Labute approximate surface area is 181 Å². The second-order valence-corrected chi connectivity index (χ2v) is 14.3. The van der Waals surface area contributed by atoms with E-state index in [-0.39, 0.29) is 29.8 Å². The summed E-state index contributed by atoms with van der Waals surface area (Å²) in [5.41, 5.74) is -0.504. The highest BCUT2D eigenvalue weighted by Crippen LogP contribution is 2.38. The fraction of sp³-hybridized carbons (Fsp3) is 0.480. The summed E-state index contributed by atoms with van der Waals surface area (Å²) in [6.45, 7) is 13.1. The molecule has 1 aliphatic rings. The van der Waals surface area contributed by atoms with Crippen molar-refractivity contribution in [3.63, 3.8) is 0 Å². The number of esters is 1. The van der Waals surface area contributed by atoms with E-state index in [1.807, 2.05) is 32.9 Å². The first kappa shape index (κ1) is 22.7. The van der Waals surface area contributed by atoms with Crippen molar-refractivity contribution in [3.8, 4) is 0 Å². The summed E-state index contributed by atoms with van der Waals surface area (Å²) in [4.78, 5) is 12.0. The number of hydrogen-bond donors (Lipinski definition) is 0. The maximum Gasteiger partial charge on any atom is 0.311 e. The summed E-state index contributed by atoms with van der Waals surface area (Å²) in [6.07, 6.45) is -0.131. The van der Waals surface area contributed by atoms with Gasteiger partial charge in [0.25, 0.3) is 8.32 Å². The van der Waals surface area contributed by atoms with Crippen LogP contribution in [0, 0.1) is 5.41 Å². The lowest BCUT2D eigenvalue weighted by molar-refractivity contribution is -0.153. The van der Waals surface area contributed by atoms with Gasteiger partial charge >= 0.3 is 5.97 Å². The van der Waals surface area contributed by atoms with Crippen molar-refractivity contribution in [2.45, 2.75) is 58.8 Å². The zero-order valence-electron chi connectivity index (χ0n) is 19.0. The lowest BCUT2D eigenvalue weighted by Gasteiger charge is -2.43. The van der Waals surface area contributed by atoms with Gasteiger partial charge in [-0.2, -0.15) is 0 Å². The fourth-order valence-corrected chi connectivity index (χ4v) is 8.39. The highest BCUT2D eigenvalue weighted by Gasteiger charge is 2.52. The number of epoxide rings is 1. The first-order valence-electron chi connectivity index (χ1n) is 10.6. The van der Waals surface area contributed by atoms with E-state index in [0.717, 1.165) is 0 Å². The molecule has 0 N–H and O–H groups in total. The number of rotatable bonds is 7. The summed E-state index contributed by atoms with van der Waals surface area (Å²) in [6, 6.07) is 21.1. The molecule has 2 aromatic carbocycles. The second kappa shape index (κ2) is 8.65. The van der Waals surface area contributed by atoms with E-state index in [1.54, 1.807) is 0 Å². The van der Waals surface area contributed by atoms with Gasteiger partial charge in [-0.3, -0.25) is 4.79 Å². The van der Waals surface area contributed by atoms with E-state index in [0.29, 0.717) is 6.61 Å². The Balaban J connectivity index is 1.78. The van der Waals surface area contributed by atoms with Crippen LogP contribution >= 0.6 is 0 Å². The molecule has 0 saturated carbocycles. The molecule has 0 amide bonds. The van der Waals surface area contributed by atoms with Gasteiger partial charge in [0.1, 0.15) is 18.8 Å². The molecule has 162 valence electrons. The highest BCUT2D eigenvalue weighted by atomic mass is 28.4. The minimum atomic E-state index is -2.56. The summed E-state index contributed by atoms with van der Waals surface area (Å²) >= 11 is 0. The van der Waals surface area contributed by atoms with Crippen molar-refractivity contribution in [1.29, 1.82) is 0 Å². The molecule has 0 aromatic heterocycles. The van der Waals surface area contributed by atoms with Crippen LogP contribution in [0.3, 0.4) is 0 Å². The quantitative estimate of drug-likeness (QED) is 0.382. The standard InChI is InChI=1S/C25H34O4Si/c1-24(2,3)23(26)27-17-21-22(29-21)18-28-30(25(4,5)6,19-13-9-7-10-14-19)20-15-11-8-12-16-20/h7-16,21-22H,17-18H2,1-6H3/t21-,22+/m1/s1. The number of hydrogen-bond acceptors (Lipinski definition) is 4. The Kier molecular flexibility index (Phi) is 6.56. The average molecular weight is 427 g/mol. The van der Waals surface area contributed by atoms with Gasteiger partial charge in [-0.1, -0.05) is 81.4 Å². The number of carbonyl (C=O) groups is 1. The number of carbonyl (C=O) groups excluding carboxylic acids is 1. The molecular formula is C25H34O4Si. The van der Waals surface area contributed by atoms with Crippen LogP contribution < -0.4 is 10.4 Å². The summed E-state index contributed by atoms with van der Waals surface area (Å²) in [5.74, 6) is -0.204. The lowest BCUT2D eigenvalue weighted by atomic mass is 9.97. The molecule has 2 aromatic rings. The maximum atomic E-state index is 12.0. The van der Waals surface area contributed by atoms with Crippen molar-refractivity contribution in [1.82, 2.24) is 0 Å². The number of benzene rings is 2. The summed E-state index contributed by atoms with van der Waals surface area (Å²) in [5, 5.41) is 2.43. The molecule has 1 heterocycles. The third-order valence-electron chi connectivity index (χ3n) is 5.56. The fourth-order valence-electron chi connectivity index (χ4n) is 3.82. The van der Waals surface area contributed by atoms with Crippen LogP contribution in [-0.2, 0) is 18.7 Å². The first-order valence-corrected chi connectivity index (χ1v) is 12.5. The zero-order valence-corrected chi connectivity index (χ0v) is 20.0. The minimum absolute atomic E-state index is 0.0422. The summed E-state index contributed by atoms with van der Waals surface area (Å²) in [7, 11) is -2.56. The van der Waals surface area contributed by atoms with Gasteiger partial charge in [-0.25, -0.2) is 0 Å². The van der Waals surface area contributed by atoms with E-state index in [1.165, 1.54) is 10.4 Å². The molecule has 2 atom stereocenters. The van der Waals surface area contributed by atoms with E-state index < -0.39 is 13.7 Å². The Bertz CT molecular complexity index is 797. The van der Waals surface area contributed by atoms with E-state index in [4.69, 9.17) is 13.9 Å². The van der Waals surface area contributed by atoms with Crippen molar-refractivity contribution < 1.29 is 18.7 Å². The van der Waals surface area contributed by atoms with Crippen LogP contribution in [-0.4, -0.2) is 39.7 Å². The smallest absolute Gasteiger partial charge is 0.311 e. The largest absolute Gasteiger partial charge is 0.462 e. The van der Waals surface area contributed by atoms with Crippen LogP contribution in [0.15, 0.2) is 60.7 Å². The van der Waals surface area contributed by atoms with Crippen LogP contribution in [0.1, 0.15) is 41.5 Å². The SMILES string of the molecule is CC(C)(C)C(=O)OC[C@H]1O[C@H]1CO[Si](c1ccccc1)(c1ccccc1)C(C)(C)C. The molecule has 1 saturated heterocycles. The molecule has 1 fully saturated rings. The van der Waals surface area contributed by atoms with E-state index >= 15 is 0 Å². The van der Waals surface area contributed by atoms with Gasteiger partial charge in [0, 0.05) is 0 Å². The van der Waals surface area contributed by atoms with Gasteiger partial charge < -0.3 is 13.9 Å². The maximum absolute atomic E-state index is 12.0. The van der Waals surface area contributed by atoms with Crippen LogP contribution in [0.4, 0.5) is 0 Å².